The van der Waals surface area contributed by atoms with Crippen LogP contribution in [0, 0.1) is 3.57 Å². The molecule has 0 aliphatic heterocycles. The summed E-state index contributed by atoms with van der Waals surface area (Å²) in [5, 5.41) is 0.534. The zero-order valence-corrected chi connectivity index (χ0v) is 16.5. The van der Waals surface area contributed by atoms with Crippen LogP contribution in [0.4, 0.5) is 0 Å². The molecule has 0 aliphatic carbocycles. The van der Waals surface area contributed by atoms with Gasteiger partial charge >= 0.3 is 0 Å². The minimum absolute atomic E-state index is 0.325. The number of halogens is 2. The van der Waals surface area contributed by atoms with E-state index in [1.54, 1.807) is 36.4 Å². The molecule has 8 heteroatoms. The second-order valence-corrected chi connectivity index (χ2v) is 6.43. The van der Waals surface area contributed by atoms with Gasteiger partial charge in [-0.15, -0.1) is 0 Å². The highest BCUT2D eigenvalue weighted by Gasteiger charge is 2.14. The van der Waals surface area contributed by atoms with Gasteiger partial charge in [0.05, 0.1) is 19.3 Å². The number of benzene rings is 2. The Hall–Kier alpha value is -2.00. The fourth-order valence-electron chi connectivity index (χ4n) is 2.01. The van der Waals surface area contributed by atoms with Crippen LogP contribution in [0.2, 0.25) is 5.02 Å². The summed E-state index contributed by atoms with van der Waals surface area (Å²) in [5.74, 6) is 0.0698. The predicted molar refractivity (Wildman–Crippen MR) is 103 cm³/mol. The van der Waals surface area contributed by atoms with Gasteiger partial charge in [-0.1, -0.05) is 11.6 Å². The topological polar surface area (TPSA) is 76.7 Å². The van der Waals surface area contributed by atoms with Crippen molar-refractivity contribution in [3.63, 3.8) is 0 Å². The highest BCUT2D eigenvalue weighted by molar-refractivity contribution is 14.1. The summed E-state index contributed by atoms with van der Waals surface area (Å²) in [6.45, 7) is 2.34. The van der Waals surface area contributed by atoms with Crippen LogP contribution in [0.3, 0.4) is 0 Å². The first-order chi connectivity index (χ1) is 12.0. The number of amides is 2. The van der Waals surface area contributed by atoms with E-state index in [4.69, 9.17) is 21.1 Å². The maximum Gasteiger partial charge on any atom is 0.270 e. The Morgan fingerprint density at radius 1 is 1.08 bits per heavy atom. The third kappa shape index (κ3) is 4.99. The maximum atomic E-state index is 12.2. The van der Waals surface area contributed by atoms with Crippen molar-refractivity contribution >= 4 is 46.0 Å². The van der Waals surface area contributed by atoms with Gasteiger partial charge in [0.2, 0.25) is 0 Å². The number of ether oxygens (including phenoxy) is 2. The van der Waals surface area contributed by atoms with Crippen LogP contribution < -0.4 is 20.3 Å². The maximum absolute atomic E-state index is 12.2. The molecule has 0 bridgehead atoms. The van der Waals surface area contributed by atoms with Crippen LogP contribution in [-0.4, -0.2) is 25.5 Å². The van der Waals surface area contributed by atoms with Gasteiger partial charge in [0.15, 0.2) is 11.5 Å². The standard InChI is InChI=1S/C17H16ClIN2O4/c1-3-25-14-7-4-10(8-15(14)24-2)16(22)20-21-17(23)12-6-5-11(18)9-13(12)19/h4-9H,3H2,1-2H3,(H,20,22)(H,21,23). The minimum atomic E-state index is -0.473. The van der Waals surface area contributed by atoms with E-state index in [0.717, 1.165) is 0 Å². The van der Waals surface area contributed by atoms with Crippen molar-refractivity contribution < 1.29 is 19.1 Å². The van der Waals surface area contributed by atoms with Crippen LogP contribution in [0.1, 0.15) is 27.6 Å². The Balaban J connectivity index is 2.05. The van der Waals surface area contributed by atoms with E-state index in [1.165, 1.54) is 7.11 Å². The van der Waals surface area contributed by atoms with Gasteiger partial charge in [0.25, 0.3) is 11.8 Å². The first kappa shape index (κ1) is 19.3. The van der Waals surface area contributed by atoms with E-state index < -0.39 is 11.8 Å². The molecular weight excluding hydrogens is 459 g/mol. The van der Waals surface area contributed by atoms with Crippen molar-refractivity contribution in [3.8, 4) is 11.5 Å². The van der Waals surface area contributed by atoms with Crippen molar-refractivity contribution in [3.05, 3.63) is 56.1 Å². The number of hydrazine groups is 1. The molecule has 0 aromatic heterocycles. The fourth-order valence-corrected chi connectivity index (χ4v) is 3.13. The average Bonchev–Trinajstić information content (AvgIpc) is 2.60. The van der Waals surface area contributed by atoms with Gasteiger partial charge in [-0.2, -0.15) is 0 Å². The number of methoxy groups -OCH3 is 1. The van der Waals surface area contributed by atoms with E-state index in [-0.39, 0.29) is 0 Å². The summed E-state index contributed by atoms with van der Waals surface area (Å²) in [6, 6.07) is 9.63. The quantitative estimate of drug-likeness (QED) is 0.514. The Morgan fingerprint density at radius 3 is 2.44 bits per heavy atom. The van der Waals surface area contributed by atoms with E-state index in [1.807, 2.05) is 29.5 Å². The third-order valence-electron chi connectivity index (χ3n) is 3.19. The number of hydrogen-bond acceptors (Lipinski definition) is 4. The lowest BCUT2D eigenvalue weighted by molar-refractivity contribution is 0.0846. The molecule has 2 rings (SSSR count). The average molecular weight is 475 g/mol. The SMILES string of the molecule is CCOc1ccc(C(=O)NNC(=O)c2ccc(Cl)cc2I)cc1OC. The molecule has 0 radical (unpaired) electrons. The second kappa shape index (κ2) is 8.91. The molecule has 25 heavy (non-hydrogen) atoms. The van der Waals surface area contributed by atoms with Gasteiger partial charge < -0.3 is 9.47 Å². The van der Waals surface area contributed by atoms with Gasteiger partial charge in [0, 0.05) is 14.2 Å². The Bertz CT molecular complexity index is 798. The number of rotatable bonds is 5. The lowest BCUT2D eigenvalue weighted by atomic mass is 10.2. The van der Waals surface area contributed by atoms with Crippen LogP contribution in [-0.2, 0) is 0 Å². The summed E-state index contributed by atoms with van der Waals surface area (Å²) >= 11 is 7.87. The smallest absolute Gasteiger partial charge is 0.270 e. The highest BCUT2D eigenvalue weighted by atomic mass is 127. The van der Waals surface area contributed by atoms with Gasteiger partial charge in [-0.25, -0.2) is 0 Å². The normalized spacial score (nSPS) is 10.1. The van der Waals surface area contributed by atoms with E-state index in [2.05, 4.69) is 10.9 Å². The molecule has 0 atom stereocenters. The first-order valence-electron chi connectivity index (χ1n) is 7.32. The largest absolute Gasteiger partial charge is 0.493 e. The molecular formula is C17H16ClIN2O4. The molecule has 0 heterocycles. The molecule has 2 aromatic carbocycles. The molecule has 0 saturated carbocycles. The van der Waals surface area contributed by atoms with Crippen molar-refractivity contribution in [1.82, 2.24) is 10.9 Å². The number of carbonyl (C=O) groups excluding carboxylic acids is 2. The van der Waals surface area contributed by atoms with Crippen LogP contribution in [0.25, 0.3) is 0 Å². The lowest BCUT2D eigenvalue weighted by Gasteiger charge is -2.12. The summed E-state index contributed by atoms with van der Waals surface area (Å²) in [4.78, 5) is 24.4. The Kier molecular flexibility index (Phi) is 6.89. The van der Waals surface area contributed by atoms with Crippen molar-refractivity contribution in [1.29, 1.82) is 0 Å². The Morgan fingerprint density at radius 2 is 1.80 bits per heavy atom. The van der Waals surface area contributed by atoms with E-state index in [0.29, 0.717) is 37.8 Å². The van der Waals surface area contributed by atoms with Crippen molar-refractivity contribution in [2.75, 3.05) is 13.7 Å². The fraction of sp³-hybridized carbons (Fsp3) is 0.176. The van der Waals surface area contributed by atoms with Crippen LogP contribution >= 0.6 is 34.2 Å². The monoisotopic (exact) mass is 474 g/mol. The second-order valence-electron chi connectivity index (χ2n) is 4.83. The number of carbonyl (C=O) groups is 2. The Labute approximate surface area is 163 Å². The highest BCUT2D eigenvalue weighted by Crippen LogP contribution is 2.28. The molecule has 0 saturated heterocycles. The number of hydrogen-bond donors (Lipinski definition) is 2. The number of nitrogens with one attached hydrogen (secondary N) is 2. The third-order valence-corrected chi connectivity index (χ3v) is 4.32. The van der Waals surface area contributed by atoms with E-state index >= 15 is 0 Å². The molecule has 0 aliphatic rings. The molecule has 2 N–H and O–H groups in total. The lowest BCUT2D eigenvalue weighted by Crippen LogP contribution is -2.41. The predicted octanol–water partition coefficient (Wildman–Crippen LogP) is 3.43. The zero-order chi connectivity index (χ0) is 18.4. The van der Waals surface area contributed by atoms with Crippen molar-refractivity contribution in [2.45, 2.75) is 6.92 Å². The molecule has 6 nitrogen and oxygen atoms in total. The first-order valence-corrected chi connectivity index (χ1v) is 8.78. The molecule has 0 fully saturated rings. The summed E-state index contributed by atoms with van der Waals surface area (Å²) < 4.78 is 11.3. The zero-order valence-electron chi connectivity index (χ0n) is 13.6. The molecule has 132 valence electrons. The summed E-state index contributed by atoms with van der Waals surface area (Å²) in [5.41, 5.74) is 5.48. The van der Waals surface area contributed by atoms with Gasteiger partial charge in [-0.05, 0) is 65.9 Å². The van der Waals surface area contributed by atoms with Crippen molar-refractivity contribution in [2.24, 2.45) is 0 Å². The summed E-state index contributed by atoms with van der Waals surface area (Å²) in [7, 11) is 1.49. The molecule has 2 aromatic rings. The van der Waals surface area contributed by atoms with Crippen LogP contribution in [0.15, 0.2) is 36.4 Å². The van der Waals surface area contributed by atoms with Gasteiger partial charge in [0.1, 0.15) is 0 Å². The molecule has 0 unspecified atom stereocenters. The van der Waals surface area contributed by atoms with Crippen LogP contribution in [0.5, 0.6) is 11.5 Å². The minimum Gasteiger partial charge on any atom is -0.493 e. The van der Waals surface area contributed by atoms with Gasteiger partial charge in [-0.3, -0.25) is 20.4 Å². The molecule has 0 spiro atoms. The molecule has 2 amide bonds. The summed E-state index contributed by atoms with van der Waals surface area (Å²) in [6.07, 6.45) is 0. The van der Waals surface area contributed by atoms with E-state index in [9.17, 15) is 9.59 Å².